The second kappa shape index (κ2) is 5.59. The minimum atomic E-state index is -1.13. The van der Waals surface area contributed by atoms with Crippen molar-refractivity contribution in [2.24, 2.45) is 0 Å². The number of rotatable bonds is 4. The molecule has 0 aliphatic rings. The summed E-state index contributed by atoms with van der Waals surface area (Å²) >= 11 is 0. The summed E-state index contributed by atoms with van der Waals surface area (Å²) in [6.07, 6.45) is -1.04. The zero-order valence-corrected chi connectivity index (χ0v) is 10.9. The minimum Gasteiger partial charge on any atom is -0.480 e. The van der Waals surface area contributed by atoms with Gasteiger partial charge in [0.2, 0.25) is 0 Å². The lowest BCUT2D eigenvalue weighted by molar-refractivity contribution is -0.140. The van der Waals surface area contributed by atoms with Crippen LogP contribution >= 0.6 is 0 Å². The van der Waals surface area contributed by atoms with Gasteiger partial charge in [-0.3, -0.25) is 0 Å². The Labute approximate surface area is 116 Å². The molecule has 2 aromatic carbocycles. The van der Waals surface area contributed by atoms with Gasteiger partial charge in [0.05, 0.1) is 12.7 Å². The number of aliphatic hydroxyl groups is 1. The number of aliphatic hydroxyl groups excluding tert-OH is 1. The van der Waals surface area contributed by atoms with Crippen LogP contribution in [0.15, 0.2) is 36.4 Å². The molecule has 2 aromatic rings. The maximum atomic E-state index is 11.1. The summed E-state index contributed by atoms with van der Waals surface area (Å²) in [5, 5.41) is 23.0. The van der Waals surface area contributed by atoms with Gasteiger partial charge in [-0.05, 0) is 23.8 Å². The van der Waals surface area contributed by atoms with Crippen molar-refractivity contribution < 1.29 is 15.0 Å². The van der Waals surface area contributed by atoms with Gasteiger partial charge in [0.15, 0.2) is 11.7 Å². The third-order valence-electron chi connectivity index (χ3n) is 3.08. The monoisotopic (exact) mass is 270 g/mol. The van der Waals surface area contributed by atoms with E-state index in [1.54, 1.807) is 12.1 Å². The summed E-state index contributed by atoms with van der Waals surface area (Å²) in [6, 6.07) is 9.47. The fraction of sp³-hybridized carbons (Fsp3) is 0.200. The van der Waals surface area contributed by atoms with Gasteiger partial charge < -0.3 is 15.5 Å². The third-order valence-corrected chi connectivity index (χ3v) is 3.08. The van der Waals surface area contributed by atoms with Gasteiger partial charge in [0.1, 0.15) is 0 Å². The van der Waals surface area contributed by atoms with Crippen molar-refractivity contribution in [3.63, 3.8) is 0 Å². The quantitative estimate of drug-likeness (QED) is 0.747. The molecule has 5 nitrogen and oxygen atoms in total. The van der Waals surface area contributed by atoms with Gasteiger partial charge in [-0.25, -0.2) is 9.64 Å². The Bertz CT molecular complexity index is 689. The Kier molecular flexibility index (Phi) is 3.87. The number of benzene rings is 2. The second-order valence-electron chi connectivity index (χ2n) is 4.49. The van der Waals surface area contributed by atoms with Crippen LogP contribution in [0.25, 0.3) is 15.6 Å². The van der Waals surface area contributed by atoms with Gasteiger partial charge in [0.25, 0.3) is 0 Å². The summed E-state index contributed by atoms with van der Waals surface area (Å²) in [6.45, 7) is 8.56. The molecule has 0 aliphatic heterocycles. The maximum absolute atomic E-state index is 11.1. The van der Waals surface area contributed by atoms with Crippen LogP contribution in [0.5, 0.6) is 0 Å². The van der Waals surface area contributed by atoms with Crippen molar-refractivity contribution in [3.8, 4) is 0 Å². The number of aliphatic carboxylic acids is 1. The van der Waals surface area contributed by atoms with E-state index in [1.165, 1.54) is 6.92 Å². The molecule has 0 saturated carbocycles. The molecule has 20 heavy (non-hydrogen) atoms. The van der Waals surface area contributed by atoms with Gasteiger partial charge in [0, 0.05) is 5.69 Å². The van der Waals surface area contributed by atoms with Crippen molar-refractivity contribution in [1.82, 2.24) is 0 Å². The lowest BCUT2D eigenvalue weighted by Crippen LogP contribution is -2.38. The Balaban J connectivity index is 2.51. The minimum absolute atomic E-state index is 0.509. The zero-order valence-electron chi connectivity index (χ0n) is 10.9. The van der Waals surface area contributed by atoms with E-state index < -0.39 is 18.1 Å². The maximum Gasteiger partial charge on any atom is 0.328 e. The fourth-order valence-corrected chi connectivity index (χ4v) is 2.06. The Hall–Kier alpha value is -2.58. The van der Waals surface area contributed by atoms with Crippen LogP contribution in [0.2, 0.25) is 0 Å². The molecule has 0 unspecified atom stereocenters. The first kappa shape index (κ1) is 13.8. The molecule has 0 bridgehead atoms. The second-order valence-corrected chi connectivity index (χ2v) is 4.49. The molecule has 0 heterocycles. The molecule has 2 atom stereocenters. The van der Waals surface area contributed by atoms with Gasteiger partial charge in [-0.2, -0.15) is 0 Å². The number of carbonyl (C=O) groups is 1. The highest BCUT2D eigenvalue weighted by molar-refractivity contribution is 6.02. The van der Waals surface area contributed by atoms with E-state index in [0.29, 0.717) is 11.4 Å². The van der Waals surface area contributed by atoms with Crippen LogP contribution in [0, 0.1) is 6.57 Å². The van der Waals surface area contributed by atoms with Crippen LogP contribution in [-0.4, -0.2) is 28.3 Å². The highest BCUT2D eigenvalue weighted by Gasteiger charge is 2.23. The summed E-state index contributed by atoms with van der Waals surface area (Å²) in [5.74, 6) is -1.13. The third kappa shape index (κ3) is 2.56. The number of fused-ring (bicyclic) bond motifs is 1. The molecule has 102 valence electrons. The first-order chi connectivity index (χ1) is 9.54. The van der Waals surface area contributed by atoms with E-state index in [1.807, 2.05) is 24.3 Å². The van der Waals surface area contributed by atoms with E-state index >= 15 is 0 Å². The van der Waals surface area contributed by atoms with Crippen LogP contribution < -0.4 is 5.32 Å². The van der Waals surface area contributed by atoms with Crippen molar-refractivity contribution in [2.45, 2.75) is 19.1 Å². The van der Waals surface area contributed by atoms with E-state index in [2.05, 4.69) is 10.2 Å². The molecule has 3 N–H and O–H groups in total. The number of nitrogens with one attached hydrogen (secondary N) is 1. The number of hydrogen-bond acceptors (Lipinski definition) is 3. The molecular weight excluding hydrogens is 256 g/mol. The zero-order chi connectivity index (χ0) is 14.7. The fourth-order valence-electron chi connectivity index (χ4n) is 2.06. The van der Waals surface area contributed by atoms with Gasteiger partial charge in [-0.15, -0.1) is 0 Å². The molecule has 0 spiro atoms. The largest absolute Gasteiger partial charge is 0.480 e. The standard InChI is InChI=1S/C15H14N2O3/c1-9(18)14(15(19)20)17-13-8-7-12(16-2)10-5-3-4-6-11(10)13/h3-9,14,17-18H,1H3,(H,19,20)/t9-,14-/m1/s1. The van der Waals surface area contributed by atoms with Crippen molar-refractivity contribution >= 4 is 28.1 Å². The summed E-state index contributed by atoms with van der Waals surface area (Å²) in [4.78, 5) is 14.6. The van der Waals surface area contributed by atoms with E-state index in [0.717, 1.165) is 10.8 Å². The van der Waals surface area contributed by atoms with Crippen LogP contribution in [-0.2, 0) is 4.79 Å². The smallest absolute Gasteiger partial charge is 0.328 e. The molecule has 0 fully saturated rings. The molecule has 5 heteroatoms. The number of hydrogen-bond donors (Lipinski definition) is 3. The normalized spacial score (nSPS) is 13.4. The van der Waals surface area contributed by atoms with Crippen LogP contribution in [0.3, 0.4) is 0 Å². The van der Waals surface area contributed by atoms with Crippen molar-refractivity contribution in [3.05, 3.63) is 47.8 Å². The molecule has 2 rings (SSSR count). The number of carboxylic acid groups (broad SMARTS) is 1. The van der Waals surface area contributed by atoms with Crippen molar-refractivity contribution in [2.75, 3.05) is 5.32 Å². The highest BCUT2D eigenvalue weighted by Crippen LogP contribution is 2.32. The Morgan fingerprint density at radius 3 is 2.45 bits per heavy atom. The average molecular weight is 270 g/mol. The number of carboxylic acids is 1. The predicted octanol–water partition coefficient (Wildman–Crippen LogP) is 2.64. The summed E-state index contributed by atoms with van der Waals surface area (Å²) < 4.78 is 0. The Morgan fingerprint density at radius 2 is 1.90 bits per heavy atom. The Morgan fingerprint density at radius 1 is 1.25 bits per heavy atom. The van der Waals surface area contributed by atoms with Gasteiger partial charge in [-0.1, -0.05) is 30.3 Å². The topological polar surface area (TPSA) is 73.9 Å². The molecular formula is C15H14N2O3. The first-order valence-electron chi connectivity index (χ1n) is 6.11. The lowest BCUT2D eigenvalue weighted by atomic mass is 10.1. The van der Waals surface area contributed by atoms with E-state index in [-0.39, 0.29) is 0 Å². The number of nitrogens with zero attached hydrogens (tertiary/aromatic N) is 1. The molecule has 0 amide bonds. The molecule has 0 saturated heterocycles. The van der Waals surface area contributed by atoms with Gasteiger partial charge >= 0.3 is 5.97 Å². The predicted molar refractivity (Wildman–Crippen MR) is 76.9 cm³/mol. The van der Waals surface area contributed by atoms with Crippen LogP contribution in [0.4, 0.5) is 11.4 Å². The van der Waals surface area contributed by atoms with E-state index in [4.69, 9.17) is 11.7 Å². The van der Waals surface area contributed by atoms with Crippen LogP contribution in [0.1, 0.15) is 6.92 Å². The molecule has 0 radical (unpaired) electrons. The first-order valence-corrected chi connectivity index (χ1v) is 6.11. The molecule has 0 aliphatic carbocycles. The van der Waals surface area contributed by atoms with E-state index in [9.17, 15) is 9.90 Å². The molecule has 0 aromatic heterocycles. The highest BCUT2D eigenvalue weighted by atomic mass is 16.4. The summed E-state index contributed by atoms with van der Waals surface area (Å²) in [7, 11) is 0. The SMILES string of the molecule is [C-]#[N+]c1ccc(N[C@@H](C(=O)O)[C@@H](C)O)c2ccccc12. The number of anilines is 1. The summed E-state index contributed by atoms with van der Waals surface area (Å²) in [5.41, 5.74) is 1.09. The lowest BCUT2D eigenvalue weighted by Gasteiger charge is -2.19. The average Bonchev–Trinajstić information content (AvgIpc) is 2.43. The van der Waals surface area contributed by atoms with Crippen molar-refractivity contribution in [1.29, 1.82) is 0 Å².